The number of aliphatic hydroxyl groups excluding tert-OH is 3. The van der Waals surface area contributed by atoms with Crippen molar-refractivity contribution in [3.8, 4) is 34.5 Å². The molecule has 29 heteroatoms. The number of aliphatic hydroxyl groups is 3. The van der Waals surface area contributed by atoms with Crippen molar-refractivity contribution in [1.29, 1.82) is 0 Å². The van der Waals surface area contributed by atoms with Gasteiger partial charge in [-0.3, -0.25) is 34.0 Å². The predicted molar refractivity (Wildman–Crippen MR) is 252 cm³/mol. The highest BCUT2D eigenvalue weighted by atomic mass is 32.1. The van der Waals surface area contributed by atoms with Crippen LogP contribution >= 0.6 is 12.2 Å². The molecule has 0 saturated carbocycles. The summed E-state index contributed by atoms with van der Waals surface area (Å²) < 4.78 is 2.60. The van der Waals surface area contributed by atoms with Crippen LogP contribution in [-0.2, 0) is 19.6 Å². The highest BCUT2D eigenvalue weighted by molar-refractivity contribution is 7.78. The number of nitrogens with zero attached hydrogens (tertiary/aromatic N) is 8. The molecule has 0 saturated heterocycles. The first-order chi connectivity index (χ1) is 33.6. The van der Waals surface area contributed by atoms with Gasteiger partial charge < -0.3 is 80.1 Å². The van der Waals surface area contributed by atoms with Gasteiger partial charge in [0.1, 0.15) is 0 Å². The summed E-state index contributed by atoms with van der Waals surface area (Å²) in [4.78, 5) is 96.5. The van der Waals surface area contributed by atoms with Crippen LogP contribution in [0.2, 0.25) is 0 Å². The molecule has 71 heavy (non-hydrogen) atoms. The van der Waals surface area contributed by atoms with E-state index < -0.39 is 196 Å². The van der Waals surface area contributed by atoms with Crippen LogP contribution in [0.25, 0.3) is 0 Å². The van der Waals surface area contributed by atoms with Gasteiger partial charge in [-0.2, -0.15) is 4.99 Å². The highest BCUT2D eigenvalue weighted by Gasteiger charge is 2.42. The van der Waals surface area contributed by atoms with E-state index in [1.807, 2.05) is 0 Å². The van der Waals surface area contributed by atoms with Gasteiger partial charge in [0.05, 0.1) is 54.8 Å². The Hall–Kier alpha value is -8.37. The number of aromatic hydroxyl groups is 6. The molecule has 4 rings (SSSR count). The molecule has 0 aliphatic carbocycles. The molecule has 0 unspecified atom stereocenters. The average molecular weight is 1020 g/mol. The lowest BCUT2D eigenvalue weighted by Crippen LogP contribution is -2.53. The molecule has 0 radical (unpaired) electrons. The Labute approximate surface area is 404 Å². The monoisotopic (exact) mass is 1020 g/mol. The van der Waals surface area contributed by atoms with Gasteiger partial charge >= 0.3 is 24.4 Å². The molecule has 0 bridgehead atoms. The fourth-order valence-electron chi connectivity index (χ4n) is 8.16. The van der Waals surface area contributed by atoms with E-state index in [1.165, 1.54) is 24.3 Å². The van der Waals surface area contributed by atoms with Crippen molar-refractivity contribution in [2.24, 2.45) is 4.99 Å². The van der Waals surface area contributed by atoms with Crippen molar-refractivity contribution < 1.29 is 85.6 Å². The third-order valence-electron chi connectivity index (χ3n) is 11.1. The Morgan fingerprint density at radius 2 is 0.845 bits per heavy atom. The van der Waals surface area contributed by atoms with E-state index in [2.05, 4.69) is 22.4 Å². The number of hydrogen-bond donors (Lipinski definition) is 13. The number of pyridine rings is 3. The fraction of sp³-hybridized carbons (Fsp3) is 0.381. The van der Waals surface area contributed by atoms with Crippen LogP contribution in [0.15, 0.2) is 62.2 Å². The minimum atomic E-state index is -1.94. The Morgan fingerprint density at radius 1 is 0.535 bits per heavy atom. The molecule has 384 valence electrons. The second-order valence-electron chi connectivity index (χ2n) is 15.5. The maximum absolute atomic E-state index is 13.7. The maximum atomic E-state index is 13.7. The summed E-state index contributed by atoms with van der Waals surface area (Å²) >= 11 is 4.68. The number of hydrogen-bond acceptors (Lipinski definition) is 18. The number of amides is 4. The Morgan fingerprint density at radius 3 is 1.10 bits per heavy atom. The van der Waals surface area contributed by atoms with Gasteiger partial charge in [0.2, 0.25) is 17.2 Å². The topological polar surface area (TPSA) is 423 Å². The van der Waals surface area contributed by atoms with Gasteiger partial charge in [0.25, 0.3) is 16.3 Å². The molecule has 3 aromatic heterocycles. The summed E-state index contributed by atoms with van der Waals surface area (Å²) in [5.74, 6) is -8.84. The summed E-state index contributed by atoms with van der Waals surface area (Å²) in [7, 11) is 0. The quantitative estimate of drug-likeness (QED) is 0.0353. The van der Waals surface area contributed by atoms with E-state index in [0.29, 0.717) is 14.7 Å². The van der Waals surface area contributed by atoms with Crippen molar-refractivity contribution in [1.82, 2.24) is 13.7 Å². The summed E-state index contributed by atoms with van der Waals surface area (Å²) in [6.07, 6.45) is -7.35. The van der Waals surface area contributed by atoms with Crippen LogP contribution in [0.4, 0.5) is 48.0 Å². The zero-order valence-electron chi connectivity index (χ0n) is 37.3. The minimum Gasteiger partial charge on any atom is -0.503 e. The van der Waals surface area contributed by atoms with Crippen LogP contribution in [0.3, 0.4) is 0 Å². The first-order valence-electron chi connectivity index (χ1n) is 21.1. The van der Waals surface area contributed by atoms with Crippen molar-refractivity contribution in [2.75, 3.05) is 59.1 Å². The largest absolute Gasteiger partial charge is 0.503 e. The van der Waals surface area contributed by atoms with E-state index in [-0.39, 0.29) is 11.4 Å². The number of thiocarbonyl (C=S) groups is 1. The molecule has 0 aliphatic rings. The fourth-order valence-corrected chi connectivity index (χ4v) is 8.27. The lowest BCUT2D eigenvalue weighted by molar-refractivity contribution is 0.181. The third-order valence-corrected chi connectivity index (χ3v) is 11.2. The molecule has 3 heterocycles. The van der Waals surface area contributed by atoms with Gasteiger partial charge in [0, 0.05) is 45.0 Å². The molecule has 4 aromatic rings. The van der Waals surface area contributed by atoms with E-state index in [0.717, 1.165) is 37.2 Å². The second kappa shape index (κ2) is 24.3. The van der Waals surface area contributed by atoms with E-state index in [9.17, 15) is 99.9 Å². The summed E-state index contributed by atoms with van der Waals surface area (Å²) in [5.41, 5.74) is -5.98. The number of carboxylic acid groups (broad SMARTS) is 4. The van der Waals surface area contributed by atoms with Crippen LogP contribution in [0, 0.1) is 0 Å². The van der Waals surface area contributed by atoms with Crippen LogP contribution in [-0.4, -0.2) is 155 Å². The zero-order valence-corrected chi connectivity index (χ0v) is 38.1. The van der Waals surface area contributed by atoms with E-state index in [4.69, 9.17) is 0 Å². The minimum absolute atomic E-state index is 0.102. The lowest BCUT2D eigenvalue weighted by Gasteiger charge is -2.44. The molecule has 1 aromatic carbocycles. The molecule has 0 fully saturated rings. The molecule has 4 amide bonds. The first-order valence-corrected chi connectivity index (χ1v) is 21.5. The Balaban J connectivity index is 1.96. The zero-order chi connectivity index (χ0) is 52.9. The maximum Gasteiger partial charge on any atom is 0.413 e. The van der Waals surface area contributed by atoms with Gasteiger partial charge in [-0.15, -0.1) is 0 Å². The first kappa shape index (κ1) is 55.2. The van der Waals surface area contributed by atoms with Crippen molar-refractivity contribution >= 4 is 70.6 Å². The number of isothiocyanates is 1. The van der Waals surface area contributed by atoms with E-state index in [1.54, 1.807) is 0 Å². The lowest BCUT2D eigenvalue weighted by atomic mass is 9.81. The van der Waals surface area contributed by atoms with Crippen molar-refractivity contribution in [3.05, 3.63) is 73.5 Å². The Bertz CT molecular complexity index is 2610. The average Bonchev–Trinajstić information content (AvgIpc) is 3.30. The van der Waals surface area contributed by atoms with Gasteiger partial charge in [-0.25, -0.2) is 19.2 Å². The summed E-state index contributed by atoms with van der Waals surface area (Å²) in [6, 6.07) is 5.26. The van der Waals surface area contributed by atoms with Gasteiger partial charge in [-0.1, -0.05) is 0 Å². The number of aromatic nitrogens is 3. The molecular formula is C42H50N8O20S. The van der Waals surface area contributed by atoms with Gasteiger partial charge in [-0.05, 0) is 75.0 Å². The highest BCUT2D eigenvalue weighted by Crippen LogP contribution is 2.40. The van der Waals surface area contributed by atoms with Crippen LogP contribution < -0.4 is 35.9 Å². The molecular weight excluding hydrogens is 969 g/mol. The van der Waals surface area contributed by atoms with Gasteiger partial charge in [0.15, 0.2) is 34.7 Å². The number of aliphatic imine (C=N–C) groups is 1. The smallest absolute Gasteiger partial charge is 0.413 e. The number of benzene rings is 1. The van der Waals surface area contributed by atoms with Crippen molar-refractivity contribution in [2.45, 2.75) is 63.7 Å². The number of carbonyl (C=O) groups is 4. The predicted octanol–water partition coefficient (Wildman–Crippen LogP) is 2.23. The standard InChI is InChI=1S/C42H50N8O20S/c51-17-14-44-20-26(54)29(57)32(60)35(44)47(38(63)64)11-1-8-42(50(41(69)70)25-6-4-24(5-7-25)43-23-71,9-2-12-48(39(65)66)36-33(61)30(58)27(55)21-45(36)15-18-52)10-3-13-49(40(67)68)37-34(62)31(59)28(56)22-46(37)16-19-53/h4-7,20-22,51-56,60-62H,1-3,8-19H2,(H,63,64)(H,65,66)(H,67,68)(H,69,70). The van der Waals surface area contributed by atoms with Crippen LogP contribution in [0.1, 0.15) is 38.5 Å². The Kier molecular flexibility index (Phi) is 18.9. The summed E-state index contributed by atoms with van der Waals surface area (Å²) in [5, 5.41) is 137. The normalized spacial score (nSPS) is 11.1. The third kappa shape index (κ3) is 12.5. The number of rotatable bonds is 24. The van der Waals surface area contributed by atoms with E-state index >= 15 is 0 Å². The molecule has 0 aliphatic heterocycles. The molecule has 0 spiro atoms. The number of anilines is 4. The molecule has 13 N–H and O–H groups in total. The van der Waals surface area contributed by atoms with Crippen LogP contribution in [0.5, 0.6) is 34.5 Å². The molecule has 28 nitrogen and oxygen atoms in total. The molecule has 0 atom stereocenters. The SMILES string of the molecule is O=C(O)N(CCCC(CCCN(C(=O)O)c1c(O)c(=O)c(O)cn1CCO)(CCCN(C(=O)O)c1c(O)c(=O)c(O)cn1CCO)N(C(=O)O)c1ccc(N=C=S)cc1)c1c(O)c(=O)c(O)cn1CCO. The van der Waals surface area contributed by atoms with Crippen molar-refractivity contribution in [3.63, 3.8) is 0 Å². The summed E-state index contributed by atoms with van der Waals surface area (Å²) in [6.45, 7) is -5.42. The second-order valence-corrected chi connectivity index (χ2v) is 15.7.